The summed E-state index contributed by atoms with van der Waals surface area (Å²) >= 11 is 0. The van der Waals surface area contributed by atoms with Crippen LogP contribution in [-0.2, 0) is 11.2 Å². The fourth-order valence-corrected chi connectivity index (χ4v) is 2.46. The van der Waals surface area contributed by atoms with E-state index in [-0.39, 0.29) is 11.9 Å². The molecule has 2 aromatic heterocycles. The van der Waals surface area contributed by atoms with E-state index >= 15 is 0 Å². The maximum atomic E-state index is 12.7. The van der Waals surface area contributed by atoms with Crippen molar-refractivity contribution in [2.24, 2.45) is 0 Å². The number of anilines is 1. The summed E-state index contributed by atoms with van der Waals surface area (Å²) in [5.41, 5.74) is 0.542. The minimum Gasteiger partial charge on any atom is -0.423 e. The van der Waals surface area contributed by atoms with Crippen LogP contribution < -0.4 is 5.32 Å². The first-order valence-corrected chi connectivity index (χ1v) is 8.38. The maximum Gasteiger partial charge on any atom is 0.322 e. The molecule has 1 unspecified atom stereocenters. The molecule has 1 fully saturated rings. The zero-order valence-corrected chi connectivity index (χ0v) is 14.6. The van der Waals surface area contributed by atoms with Crippen molar-refractivity contribution in [2.75, 3.05) is 25.1 Å². The van der Waals surface area contributed by atoms with E-state index in [0.29, 0.717) is 37.2 Å². The van der Waals surface area contributed by atoms with Gasteiger partial charge in [-0.15, -0.1) is 10.2 Å². The molecule has 3 heterocycles. The number of urea groups is 1. The summed E-state index contributed by atoms with van der Waals surface area (Å²) in [6, 6.07) is -0.685. The molecule has 1 aliphatic rings. The third-order valence-corrected chi connectivity index (χ3v) is 3.90. The van der Waals surface area contributed by atoms with Gasteiger partial charge in [-0.1, -0.05) is 20.8 Å². The summed E-state index contributed by atoms with van der Waals surface area (Å²) in [6.45, 7) is 7.13. The number of carbonyl (C=O) groups excluding carboxylic acids is 1. The third kappa shape index (κ3) is 3.93. The number of nitrogens with one attached hydrogen (secondary N) is 1. The number of hydrogen-bond donors (Lipinski definition) is 1. The topological polar surface area (TPSA) is 106 Å². The van der Waals surface area contributed by atoms with Crippen molar-refractivity contribution >= 4 is 11.7 Å². The Bertz CT molecular complexity index is 715. The Balaban J connectivity index is 1.73. The van der Waals surface area contributed by atoms with Crippen LogP contribution >= 0.6 is 0 Å². The molecule has 0 spiro atoms. The first-order valence-electron chi connectivity index (χ1n) is 8.38. The van der Waals surface area contributed by atoms with Gasteiger partial charge in [0.15, 0.2) is 0 Å². The Morgan fingerprint density at radius 2 is 2.12 bits per heavy atom. The van der Waals surface area contributed by atoms with E-state index in [4.69, 9.17) is 9.15 Å². The van der Waals surface area contributed by atoms with Crippen molar-refractivity contribution in [1.82, 2.24) is 25.1 Å². The molecule has 3 rings (SSSR count). The van der Waals surface area contributed by atoms with Gasteiger partial charge >= 0.3 is 6.03 Å². The Hall–Kier alpha value is -2.55. The molecule has 2 aromatic rings. The SMILES string of the molecule is CCc1ncc(NC(=O)N2CCOCC2c2nnc(C(C)C)o2)cn1. The number of hydrogen-bond acceptors (Lipinski definition) is 7. The highest BCUT2D eigenvalue weighted by Crippen LogP contribution is 2.25. The van der Waals surface area contributed by atoms with Gasteiger partial charge in [-0.2, -0.15) is 0 Å². The third-order valence-electron chi connectivity index (χ3n) is 3.90. The van der Waals surface area contributed by atoms with Crippen LogP contribution in [0.2, 0.25) is 0 Å². The molecule has 9 nitrogen and oxygen atoms in total. The quantitative estimate of drug-likeness (QED) is 0.904. The number of rotatable bonds is 4. The van der Waals surface area contributed by atoms with E-state index in [1.165, 1.54) is 0 Å². The van der Waals surface area contributed by atoms with Gasteiger partial charge in [-0.3, -0.25) is 0 Å². The van der Waals surface area contributed by atoms with Crippen molar-refractivity contribution in [3.8, 4) is 0 Å². The summed E-state index contributed by atoms with van der Waals surface area (Å²) in [6.07, 6.45) is 3.95. The summed E-state index contributed by atoms with van der Waals surface area (Å²) in [5, 5.41) is 10.9. The molecule has 0 radical (unpaired) electrons. The van der Waals surface area contributed by atoms with Crippen LogP contribution in [0.3, 0.4) is 0 Å². The van der Waals surface area contributed by atoms with E-state index < -0.39 is 6.04 Å². The highest BCUT2D eigenvalue weighted by atomic mass is 16.5. The van der Waals surface area contributed by atoms with Crippen LogP contribution in [0, 0.1) is 0 Å². The normalized spacial score (nSPS) is 17.8. The van der Waals surface area contributed by atoms with Crippen LogP contribution in [0.4, 0.5) is 10.5 Å². The lowest BCUT2D eigenvalue weighted by molar-refractivity contribution is 0.00494. The van der Waals surface area contributed by atoms with Gasteiger partial charge in [0.2, 0.25) is 11.8 Å². The molecule has 1 saturated heterocycles. The monoisotopic (exact) mass is 346 g/mol. The molecule has 1 atom stereocenters. The Kier molecular flexibility index (Phi) is 5.22. The second kappa shape index (κ2) is 7.56. The molecular weight excluding hydrogens is 324 g/mol. The standard InChI is InChI=1S/C16H22N6O3/c1-4-13-17-7-11(8-18-13)19-16(23)22-5-6-24-9-12(22)15-21-20-14(25-15)10(2)3/h7-8,10,12H,4-6,9H2,1-3H3,(H,19,23). The zero-order chi connectivity index (χ0) is 17.8. The fourth-order valence-electron chi connectivity index (χ4n) is 2.46. The first kappa shape index (κ1) is 17.3. The summed E-state index contributed by atoms with van der Waals surface area (Å²) < 4.78 is 11.2. The molecular formula is C16H22N6O3. The van der Waals surface area contributed by atoms with E-state index in [1.54, 1.807) is 17.3 Å². The lowest BCUT2D eigenvalue weighted by atomic mass is 10.2. The summed E-state index contributed by atoms with van der Waals surface area (Å²) in [4.78, 5) is 22.7. The van der Waals surface area contributed by atoms with Crippen molar-refractivity contribution in [2.45, 2.75) is 39.2 Å². The number of amides is 2. The molecule has 0 saturated carbocycles. The minimum absolute atomic E-state index is 0.127. The highest BCUT2D eigenvalue weighted by molar-refractivity contribution is 5.89. The van der Waals surface area contributed by atoms with Gasteiger partial charge < -0.3 is 19.4 Å². The van der Waals surface area contributed by atoms with Crippen LogP contribution in [-0.4, -0.2) is 50.9 Å². The maximum absolute atomic E-state index is 12.7. The molecule has 9 heteroatoms. The van der Waals surface area contributed by atoms with Gasteiger partial charge in [-0.05, 0) is 0 Å². The number of ether oxygens (including phenoxy) is 1. The highest BCUT2D eigenvalue weighted by Gasteiger charge is 2.33. The largest absolute Gasteiger partial charge is 0.423 e. The Morgan fingerprint density at radius 1 is 1.36 bits per heavy atom. The van der Waals surface area contributed by atoms with Crippen LogP contribution in [0.25, 0.3) is 0 Å². The zero-order valence-electron chi connectivity index (χ0n) is 14.6. The van der Waals surface area contributed by atoms with E-state index in [1.807, 2.05) is 20.8 Å². The predicted molar refractivity (Wildman–Crippen MR) is 89.1 cm³/mol. The number of aromatic nitrogens is 4. The Labute approximate surface area is 145 Å². The molecule has 0 bridgehead atoms. The number of carbonyl (C=O) groups is 1. The van der Waals surface area contributed by atoms with Crippen molar-refractivity contribution in [3.63, 3.8) is 0 Å². The molecule has 134 valence electrons. The van der Waals surface area contributed by atoms with Crippen molar-refractivity contribution < 1.29 is 13.9 Å². The number of morpholine rings is 1. The van der Waals surface area contributed by atoms with Gasteiger partial charge in [-0.25, -0.2) is 14.8 Å². The van der Waals surface area contributed by atoms with Gasteiger partial charge in [0.05, 0.1) is 31.3 Å². The molecule has 2 amide bonds. The van der Waals surface area contributed by atoms with Gasteiger partial charge in [0.25, 0.3) is 0 Å². The summed E-state index contributed by atoms with van der Waals surface area (Å²) in [7, 11) is 0. The van der Waals surface area contributed by atoms with Crippen LogP contribution in [0.1, 0.15) is 50.3 Å². The van der Waals surface area contributed by atoms with Gasteiger partial charge in [0.1, 0.15) is 11.9 Å². The van der Waals surface area contributed by atoms with E-state index in [0.717, 1.165) is 12.2 Å². The lowest BCUT2D eigenvalue weighted by Crippen LogP contribution is -2.45. The molecule has 25 heavy (non-hydrogen) atoms. The molecule has 0 aliphatic carbocycles. The van der Waals surface area contributed by atoms with Gasteiger partial charge in [0, 0.05) is 18.9 Å². The first-order chi connectivity index (χ1) is 12.1. The minimum atomic E-state index is -0.412. The Morgan fingerprint density at radius 3 is 2.76 bits per heavy atom. The second-order valence-corrected chi connectivity index (χ2v) is 6.09. The van der Waals surface area contributed by atoms with E-state index in [2.05, 4.69) is 25.5 Å². The van der Waals surface area contributed by atoms with E-state index in [9.17, 15) is 4.79 Å². The number of aryl methyl sites for hydroxylation is 1. The lowest BCUT2D eigenvalue weighted by Gasteiger charge is -2.33. The molecule has 1 aliphatic heterocycles. The van der Waals surface area contributed by atoms with Crippen LogP contribution in [0.15, 0.2) is 16.8 Å². The summed E-state index contributed by atoms with van der Waals surface area (Å²) in [5.74, 6) is 1.79. The van der Waals surface area contributed by atoms with Crippen molar-refractivity contribution in [1.29, 1.82) is 0 Å². The predicted octanol–water partition coefficient (Wildman–Crippen LogP) is 2.15. The van der Waals surface area contributed by atoms with Crippen molar-refractivity contribution in [3.05, 3.63) is 30.0 Å². The average Bonchev–Trinajstić information content (AvgIpc) is 3.12. The second-order valence-electron chi connectivity index (χ2n) is 6.09. The number of nitrogens with zero attached hydrogens (tertiary/aromatic N) is 5. The molecule has 0 aromatic carbocycles. The molecule has 1 N–H and O–H groups in total. The smallest absolute Gasteiger partial charge is 0.322 e. The average molecular weight is 346 g/mol. The van der Waals surface area contributed by atoms with Crippen LogP contribution in [0.5, 0.6) is 0 Å². The fraction of sp³-hybridized carbons (Fsp3) is 0.562.